The van der Waals surface area contributed by atoms with E-state index < -0.39 is 11.6 Å². The van der Waals surface area contributed by atoms with Crippen LogP contribution in [-0.4, -0.2) is 28.5 Å². The molecule has 0 unspecified atom stereocenters. The van der Waals surface area contributed by atoms with Gasteiger partial charge < -0.3 is 15.4 Å². The zero-order valence-corrected chi connectivity index (χ0v) is 14.2. The van der Waals surface area contributed by atoms with Crippen molar-refractivity contribution in [2.45, 2.75) is 13.3 Å². The molecule has 0 aliphatic heterocycles. The van der Waals surface area contributed by atoms with Crippen LogP contribution >= 0.6 is 12.2 Å². The second-order valence-electron chi connectivity index (χ2n) is 4.81. The standard InChI is InChI=1S/C16H15F2N5OS/c1-2-24-13-4-3-12(17)11(14(13)18)6-7-20-16(25)22-15-10(9-19)5-8-21-23-15/h3-5,8H,2,6-7H2,1H3,(H2,20,22,23,25). The molecule has 1 aromatic heterocycles. The molecule has 9 heteroatoms. The van der Waals surface area contributed by atoms with Crippen LogP contribution < -0.4 is 15.4 Å². The molecule has 0 aliphatic rings. The Hall–Kier alpha value is -2.86. The number of nitriles is 1. The van der Waals surface area contributed by atoms with E-state index in [2.05, 4.69) is 20.8 Å². The van der Waals surface area contributed by atoms with Gasteiger partial charge in [0, 0.05) is 12.1 Å². The molecule has 0 spiro atoms. The van der Waals surface area contributed by atoms with E-state index in [0.29, 0.717) is 0 Å². The van der Waals surface area contributed by atoms with Crippen molar-refractivity contribution in [2.75, 3.05) is 18.5 Å². The number of benzene rings is 1. The fourth-order valence-electron chi connectivity index (χ4n) is 2.04. The van der Waals surface area contributed by atoms with Crippen molar-refractivity contribution in [1.82, 2.24) is 15.5 Å². The van der Waals surface area contributed by atoms with Crippen LogP contribution in [0.3, 0.4) is 0 Å². The third-order valence-corrected chi connectivity index (χ3v) is 3.43. The summed E-state index contributed by atoms with van der Waals surface area (Å²) in [6.07, 6.45) is 1.45. The van der Waals surface area contributed by atoms with E-state index in [0.717, 1.165) is 0 Å². The summed E-state index contributed by atoms with van der Waals surface area (Å²) in [5.41, 5.74) is 0.194. The van der Waals surface area contributed by atoms with Crippen molar-refractivity contribution in [2.24, 2.45) is 0 Å². The monoisotopic (exact) mass is 363 g/mol. The molecule has 0 aliphatic carbocycles. The lowest BCUT2D eigenvalue weighted by molar-refractivity contribution is 0.318. The van der Waals surface area contributed by atoms with Crippen molar-refractivity contribution < 1.29 is 13.5 Å². The molecule has 0 saturated heterocycles. The average Bonchev–Trinajstić information content (AvgIpc) is 2.61. The molecule has 2 N–H and O–H groups in total. The van der Waals surface area contributed by atoms with E-state index in [-0.39, 0.29) is 47.4 Å². The van der Waals surface area contributed by atoms with Crippen molar-refractivity contribution >= 4 is 23.1 Å². The number of hydrogen-bond donors (Lipinski definition) is 2. The molecule has 0 saturated carbocycles. The van der Waals surface area contributed by atoms with Gasteiger partial charge in [0.1, 0.15) is 11.9 Å². The van der Waals surface area contributed by atoms with Gasteiger partial charge in [0.25, 0.3) is 0 Å². The average molecular weight is 363 g/mol. The Kier molecular flexibility index (Phi) is 6.54. The summed E-state index contributed by atoms with van der Waals surface area (Å²) < 4.78 is 33.1. The van der Waals surface area contributed by atoms with Crippen LogP contribution in [0, 0.1) is 23.0 Å². The highest BCUT2D eigenvalue weighted by Crippen LogP contribution is 2.23. The summed E-state index contributed by atoms with van der Waals surface area (Å²) in [4.78, 5) is 0. The predicted octanol–water partition coefficient (Wildman–Crippen LogP) is 2.55. The Morgan fingerprint density at radius 2 is 2.16 bits per heavy atom. The first-order valence-corrected chi connectivity index (χ1v) is 7.84. The highest BCUT2D eigenvalue weighted by Gasteiger charge is 2.14. The quantitative estimate of drug-likeness (QED) is 0.763. The van der Waals surface area contributed by atoms with Gasteiger partial charge in [0.2, 0.25) is 0 Å². The van der Waals surface area contributed by atoms with Gasteiger partial charge in [-0.1, -0.05) is 0 Å². The smallest absolute Gasteiger partial charge is 0.172 e. The van der Waals surface area contributed by atoms with Crippen LogP contribution in [0.1, 0.15) is 18.1 Å². The highest BCUT2D eigenvalue weighted by molar-refractivity contribution is 7.80. The van der Waals surface area contributed by atoms with Crippen molar-refractivity contribution in [3.8, 4) is 11.8 Å². The number of rotatable bonds is 6. The molecular formula is C16H15F2N5OS. The van der Waals surface area contributed by atoms with Crippen molar-refractivity contribution in [3.63, 3.8) is 0 Å². The molecule has 0 amide bonds. The third-order valence-electron chi connectivity index (χ3n) is 3.18. The second kappa shape index (κ2) is 8.84. The minimum Gasteiger partial charge on any atom is -0.491 e. The molecule has 25 heavy (non-hydrogen) atoms. The summed E-state index contributed by atoms with van der Waals surface area (Å²) in [7, 11) is 0. The molecule has 2 aromatic rings. The van der Waals surface area contributed by atoms with Gasteiger partial charge in [0.05, 0.1) is 18.4 Å². The van der Waals surface area contributed by atoms with Crippen LogP contribution in [0.25, 0.3) is 0 Å². The van der Waals surface area contributed by atoms with E-state index in [4.69, 9.17) is 22.2 Å². The minimum atomic E-state index is -0.719. The Morgan fingerprint density at radius 3 is 2.88 bits per heavy atom. The summed E-state index contributed by atoms with van der Waals surface area (Å²) in [6.45, 7) is 2.18. The van der Waals surface area contributed by atoms with Crippen LogP contribution in [0.4, 0.5) is 14.6 Å². The van der Waals surface area contributed by atoms with E-state index >= 15 is 0 Å². The maximum atomic E-state index is 14.2. The normalized spacial score (nSPS) is 10.0. The lowest BCUT2D eigenvalue weighted by Crippen LogP contribution is -2.31. The Balaban J connectivity index is 1.96. The maximum Gasteiger partial charge on any atom is 0.172 e. The molecule has 1 heterocycles. The van der Waals surface area contributed by atoms with E-state index in [1.54, 1.807) is 6.92 Å². The number of ether oxygens (including phenoxy) is 1. The Morgan fingerprint density at radius 1 is 1.36 bits per heavy atom. The molecule has 0 fully saturated rings. The number of nitrogens with zero attached hydrogens (tertiary/aromatic N) is 3. The Bertz CT molecular complexity index is 810. The summed E-state index contributed by atoms with van der Waals surface area (Å²) in [5, 5.41) is 22.1. The minimum absolute atomic E-state index is 0.0119. The number of nitrogens with one attached hydrogen (secondary N) is 2. The maximum absolute atomic E-state index is 14.2. The molecule has 0 bridgehead atoms. The molecule has 0 radical (unpaired) electrons. The van der Waals surface area contributed by atoms with E-state index in [1.165, 1.54) is 24.4 Å². The van der Waals surface area contributed by atoms with Gasteiger partial charge in [-0.25, -0.2) is 8.78 Å². The summed E-state index contributed by atoms with van der Waals surface area (Å²) in [6, 6.07) is 5.86. The van der Waals surface area contributed by atoms with Crippen molar-refractivity contribution in [3.05, 3.63) is 47.2 Å². The number of halogens is 2. The van der Waals surface area contributed by atoms with Crippen LogP contribution in [0.5, 0.6) is 5.75 Å². The third kappa shape index (κ3) is 4.81. The molecular weight excluding hydrogens is 348 g/mol. The van der Waals surface area contributed by atoms with Crippen LogP contribution in [0.2, 0.25) is 0 Å². The first kappa shape index (κ1) is 18.5. The van der Waals surface area contributed by atoms with E-state index in [9.17, 15) is 8.78 Å². The molecule has 2 rings (SSSR count). The van der Waals surface area contributed by atoms with Gasteiger partial charge in [-0.2, -0.15) is 10.4 Å². The van der Waals surface area contributed by atoms with Crippen LogP contribution in [-0.2, 0) is 6.42 Å². The zero-order chi connectivity index (χ0) is 18.2. The summed E-state index contributed by atoms with van der Waals surface area (Å²) in [5.74, 6) is -1.15. The van der Waals surface area contributed by atoms with Gasteiger partial charge in [0.15, 0.2) is 22.5 Å². The first-order valence-electron chi connectivity index (χ1n) is 7.43. The first-order chi connectivity index (χ1) is 12.1. The zero-order valence-electron chi connectivity index (χ0n) is 13.3. The topological polar surface area (TPSA) is 82.9 Å². The lowest BCUT2D eigenvalue weighted by atomic mass is 10.1. The molecule has 0 atom stereocenters. The van der Waals surface area contributed by atoms with Gasteiger partial charge in [-0.15, -0.1) is 5.10 Å². The number of aromatic nitrogens is 2. The largest absolute Gasteiger partial charge is 0.491 e. The predicted molar refractivity (Wildman–Crippen MR) is 92.2 cm³/mol. The fraction of sp³-hybridized carbons (Fsp3) is 0.250. The van der Waals surface area contributed by atoms with Gasteiger partial charge in [-0.3, -0.25) is 0 Å². The molecule has 130 valence electrons. The van der Waals surface area contributed by atoms with E-state index in [1.807, 2.05) is 6.07 Å². The lowest BCUT2D eigenvalue weighted by Gasteiger charge is -2.12. The number of hydrogen-bond acceptors (Lipinski definition) is 5. The van der Waals surface area contributed by atoms with Gasteiger partial charge in [-0.05, 0) is 43.8 Å². The number of anilines is 1. The fourth-order valence-corrected chi connectivity index (χ4v) is 2.24. The summed E-state index contributed by atoms with van der Waals surface area (Å²) >= 11 is 5.08. The SMILES string of the molecule is CCOc1ccc(F)c(CCNC(=S)Nc2nnccc2C#N)c1F. The van der Waals surface area contributed by atoms with Crippen molar-refractivity contribution in [1.29, 1.82) is 5.26 Å². The molecule has 1 aromatic carbocycles. The number of thiocarbonyl (C=S) groups is 1. The van der Waals surface area contributed by atoms with Crippen LogP contribution in [0.15, 0.2) is 24.4 Å². The second-order valence-corrected chi connectivity index (χ2v) is 5.22. The Labute approximate surface area is 148 Å². The van der Waals surface area contributed by atoms with Gasteiger partial charge >= 0.3 is 0 Å². The highest BCUT2D eigenvalue weighted by atomic mass is 32.1. The molecule has 6 nitrogen and oxygen atoms in total.